The summed E-state index contributed by atoms with van der Waals surface area (Å²) in [4.78, 5) is 41.1. The van der Waals surface area contributed by atoms with E-state index in [1.165, 1.54) is 4.90 Å². The third-order valence-electron chi connectivity index (χ3n) is 6.01. The number of hydrogen-bond donors (Lipinski definition) is 0. The molecule has 4 atom stereocenters. The van der Waals surface area contributed by atoms with Crippen molar-refractivity contribution < 1.29 is 19.1 Å². The zero-order valence-electron chi connectivity index (χ0n) is 15.7. The van der Waals surface area contributed by atoms with Crippen LogP contribution in [0.25, 0.3) is 0 Å². The topological polar surface area (TPSA) is 66.9 Å². The molecular formula is C21H26N2O4. The highest BCUT2D eigenvalue weighted by Gasteiger charge is 2.49. The van der Waals surface area contributed by atoms with Crippen molar-refractivity contribution in [3.8, 4) is 0 Å². The van der Waals surface area contributed by atoms with Crippen molar-refractivity contribution in [3.05, 3.63) is 35.9 Å². The number of carbonyl (C=O) groups is 3. The zero-order chi connectivity index (χ0) is 19.0. The summed E-state index contributed by atoms with van der Waals surface area (Å²) in [5.74, 6) is -0.899. The lowest BCUT2D eigenvalue weighted by Gasteiger charge is -2.37. The Bertz CT molecular complexity index is 711. The number of nitrogens with zero attached hydrogens (tertiary/aromatic N) is 2. The van der Waals surface area contributed by atoms with Crippen molar-refractivity contribution >= 4 is 17.7 Å². The second-order valence-electron chi connectivity index (χ2n) is 7.90. The molecule has 4 unspecified atom stereocenters. The summed E-state index contributed by atoms with van der Waals surface area (Å²) < 4.78 is 6.00. The molecule has 0 spiro atoms. The van der Waals surface area contributed by atoms with Crippen molar-refractivity contribution in [1.82, 2.24) is 9.80 Å². The van der Waals surface area contributed by atoms with Crippen molar-refractivity contribution in [2.45, 2.75) is 44.8 Å². The first-order chi connectivity index (χ1) is 13.0. The van der Waals surface area contributed by atoms with E-state index in [1.54, 1.807) is 4.90 Å². The molecule has 3 amide bonds. The molecule has 2 heterocycles. The van der Waals surface area contributed by atoms with E-state index in [4.69, 9.17) is 4.74 Å². The molecule has 3 fully saturated rings. The van der Waals surface area contributed by atoms with Gasteiger partial charge < -0.3 is 9.64 Å². The minimum absolute atomic E-state index is 0.0968. The highest BCUT2D eigenvalue weighted by molar-refractivity contribution is 6.07. The summed E-state index contributed by atoms with van der Waals surface area (Å²) in [5, 5.41) is 0. The summed E-state index contributed by atoms with van der Waals surface area (Å²) in [6.07, 6.45) is 3.23. The summed E-state index contributed by atoms with van der Waals surface area (Å²) in [7, 11) is 0. The maximum atomic E-state index is 12.9. The van der Waals surface area contributed by atoms with Crippen molar-refractivity contribution in [1.29, 1.82) is 0 Å². The van der Waals surface area contributed by atoms with Gasteiger partial charge in [-0.3, -0.25) is 19.3 Å². The van der Waals surface area contributed by atoms with Crippen LogP contribution in [0.3, 0.4) is 0 Å². The van der Waals surface area contributed by atoms with Gasteiger partial charge in [0.15, 0.2) is 0 Å². The van der Waals surface area contributed by atoms with Crippen LogP contribution in [-0.4, -0.2) is 53.3 Å². The van der Waals surface area contributed by atoms with Gasteiger partial charge in [-0.2, -0.15) is 0 Å². The number of carbonyl (C=O) groups excluding carboxylic acids is 3. The SMILES string of the molecule is CC1CN(C(=O)CN2C(=O)C3CCCCC3C2=O)CC(c2ccccc2)O1. The van der Waals surface area contributed by atoms with Gasteiger partial charge in [0.1, 0.15) is 12.6 Å². The first-order valence-electron chi connectivity index (χ1n) is 9.88. The molecule has 6 heteroatoms. The number of hydrogen-bond acceptors (Lipinski definition) is 4. The predicted molar refractivity (Wildman–Crippen MR) is 98.5 cm³/mol. The lowest BCUT2D eigenvalue weighted by atomic mass is 9.81. The predicted octanol–water partition coefficient (Wildman–Crippen LogP) is 2.15. The highest BCUT2D eigenvalue weighted by Crippen LogP contribution is 2.38. The molecule has 0 aromatic heterocycles. The van der Waals surface area contributed by atoms with E-state index in [0.29, 0.717) is 13.1 Å². The number of rotatable bonds is 3. The molecule has 144 valence electrons. The molecule has 4 rings (SSSR count). The number of imide groups is 1. The van der Waals surface area contributed by atoms with Crippen LogP contribution in [0, 0.1) is 11.8 Å². The highest BCUT2D eigenvalue weighted by atomic mass is 16.5. The van der Waals surface area contributed by atoms with Gasteiger partial charge in [-0.05, 0) is 25.3 Å². The Labute approximate surface area is 159 Å². The van der Waals surface area contributed by atoms with Crippen molar-refractivity contribution in [2.24, 2.45) is 11.8 Å². The van der Waals surface area contributed by atoms with Crippen LogP contribution >= 0.6 is 0 Å². The number of benzene rings is 1. The number of morpholine rings is 1. The Morgan fingerprint density at radius 3 is 2.30 bits per heavy atom. The molecule has 6 nitrogen and oxygen atoms in total. The molecule has 1 aliphatic carbocycles. The maximum Gasteiger partial charge on any atom is 0.242 e. The average molecular weight is 370 g/mol. The van der Waals surface area contributed by atoms with Gasteiger partial charge >= 0.3 is 0 Å². The third kappa shape index (κ3) is 3.50. The van der Waals surface area contributed by atoms with Crippen LogP contribution < -0.4 is 0 Å². The van der Waals surface area contributed by atoms with E-state index >= 15 is 0 Å². The van der Waals surface area contributed by atoms with Gasteiger partial charge in [-0.15, -0.1) is 0 Å². The Kier molecular flexibility index (Phi) is 5.00. The molecule has 0 radical (unpaired) electrons. The Balaban J connectivity index is 1.44. The fourth-order valence-electron chi connectivity index (χ4n) is 4.63. The minimum atomic E-state index is -0.209. The van der Waals surface area contributed by atoms with Crippen LogP contribution in [0.5, 0.6) is 0 Å². The van der Waals surface area contributed by atoms with Gasteiger partial charge in [0.25, 0.3) is 0 Å². The lowest BCUT2D eigenvalue weighted by Crippen LogP contribution is -2.50. The molecule has 0 N–H and O–H groups in total. The summed E-state index contributed by atoms with van der Waals surface area (Å²) in [6.45, 7) is 2.72. The molecule has 1 aromatic carbocycles. The van der Waals surface area contributed by atoms with E-state index in [-0.39, 0.29) is 48.3 Å². The Morgan fingerprint density at radius 2 is 1.67 bits per heavy atom. The molecule has 2 aliphatic heterocycles. The summed E-state index contributed by atoms with van der Waals surface area (Å²) >= 11 is 0. The van der Waals surface area contributed by atoms with E-state index in [2.05, 4.69) is 0 Å². The third-order valence-corrected chi connectivity index (χ3v) is 6.01. The number of amides is 3. The standard InChI is InChI=1S/C21H26N2O4/c1-14-11-22(12-18(27-14)15-7-3-2-4-8-15)19(24)13-23-20(25)16-9-5-6-10-17(16)21(23)26/h2-4,7-8,14,16-18H,5-6,9-13H2,1H3. The van der Waals surface area contributed by atoms with E-state index < -0.39 is 0 Å². The van der Waals surface area contributed by atoms with E-state index in [1.807, 2.05) is 37.3 Å². The van der Waals surface area contributed by atoms with Gasteiger partial charge in [0.2, 0.25) is 17.7 Å². The fourth-order valence-corrected chi connectivity index (χ4v) is 4.63. The molecular weight excluding hydrogens is 344 g/mol. The van der Waals surface area contributed by atoms with Gasteiger partial charge in [-0.25, -0.2) is 0 Å². The largest absolute Gasteiger partial charge is 0.367 e. The van der Waals surface area contributed by atoms with Gasteiger partial charge in [-0.1, -0.05) is 43.2 Å². The van der Waals surface area contributed by atoms with E-state index in [0.717, 1.165) is 31.2 Å². The first kappa shape index (κ1) is 18.2. The Hall–Kier alpha value is -2.21. The lowest BCUT2D eigenvalue weighted by molar-refractivity contribution is -0.152. The second kappa shape index (κ2) is 7.43. The van der Waals surface area contributed by atoms with Crippen LogP contribution in [0.4, 0.5) is 0 Å². The van der Waals surface area contributed by atoms with Crippen LogP contribution in [-0.2, 0) is 19.1 Å². The second-order valence-corrected chi connectivity index (χ2v) is 7.90. The quantitative estimate of drug-likeness (QED) is 0.765. The van der Waals surface area contributed by atoms with Crippen LogP contribution in [0.2, 0.25) is 0 Å². The molecule has 27 heavy (non-hydrogen) atoms. The van der Waals surface area contributed by atoms with Crippen LogP contribution in [0.15, 0.2) is 30.3 Å². The van der Waals surface area contributed by atoms with E-state index in [9.17, 15) is 14.4 Å². The number of fused-ring (bicyclic) bond motifs is 1. The number of ether oxygens (including phenoxy) is 1. The fraction of sp³-hybridized carbons (Fsp3) is 0.571. The molecule has 1 saturated carbocycles. The molecule has 1 aromatic rings. The molecule has 0 bridgehead atoms. The maximum absolute atomic E-state index is 12.9. The Morgan fingerprint density at radius 1 is 1.04 bits per heavy atom. The molecule has 2 saturated heterocycles. The van der Waals surface area contributed by atoms with Gasteiger partial charge in [0.05, 0.1) is 24.5 Å². The van der Waals surface area contributed by atoms with Crippen molar-refractivity contribution in [3.63, 3.8) is 0 Å². The zero-order valence-corrected chi connectivity index (χ0v) is 15.7. The average Bonchev–Trinajstić information content (AvgIpc) is 2.93. The van der Waals surface area contributed by atoms with Crippen molar-refractivity contribution in [2.75, 3.05) is 19.6 Å². The molecule has 3 aliphatic rings. The number of likely N-dealkylation sites (tertiary alicyclic amines) is 1. The first-order valence-corrected chi connectivity index (χ1v) is 9.88. The van der Waals surface area contributed by atoms with Gasteiger partial charge in [0, 0.05) is 6.54 Å². The normalized spacial score (nSPS) is 31.1. The summed E-state index contributed by atoms with van der Waals surface area (Å²) in [5.41, 5.74) is 1.03. The summed E-state index contributed by atoms with van der Waals surface area (Å²) in [6, 6.07) is 9.83. The monoisotopic (exact) mass is 370 g/mol. The van der Waals surface area contributed by atoms with Crippen LogP contribution in [0.1, 0.15) is 44.3 Å². The smallest absolute Gasteiger partial charge is 0.242 e. The minimum Gasteiger partial charge on any atom is -0.367 e.